The molecular weight excluding hydrogens is 285 g/mol. The molecule has 1 aromatic rings. The first kappa shape index (κ1) is 15.5. The number of anilines is 1. The molecule has 1 N–H and O–H groups in total. The van der Waals surface area contributed by atoms with Gasteiger partial charge in [0.2, 0.25) is 5.91 Å². The predicted molar refractivity (Wildman–Crippen MR) is 71.9 cm³/mol. The standard InChI is InChI=1S/C14H17F3N2O2/c1-9(20)19-6-4-10(5-7-19)18-11-2-3-13(12(15)8-11)21-14(16)17/h2-3,8,10,14,18H,4-7H2,1H3. The average molecular weight is 302 g/mol. The highest BCUT2D eigenvalue weighted by Gasteiger charge is 2.20. The van der Waals surface area contributed by atoms with Gasteiger partial charge in [0, 0.05) is 37.8 Å². The second-order valence-electron chi connectivity index (χ2n) is 4.95. The van der Waals surface area contributed by atoms with Crippen molar-refractivity contribution < 1.29 is 22.7 Å². The SMILES string of the molecule is CC(=O)N1CCC(Nc2ccc(OC(F)F)c(F)c2)CC1. The number of benzene rings is 1. The number of hydrogen-bond donors (Lipinski definition) is 1. The third-order valence-electron chi connectivity index (χ3n) is 3.46. The molecular formula is C14H17F3N2O2. The molecule has 1 aliphatic heterocycles. The number of ether oxygens (including phenoxy) is 1. The number of hydrogen-bond acceptors (Lipinski definition) is 3. The van der Waals surface area contributed by atoms with Crippen LogP contribution in [-0.4, -0.2) is 36.5 Å². The number of nitrogens with zero attached hydrogens (tertiary/aromatic N) is 1. The van der Waals surface area contributed by atoms with Gasteiger partial charge in [0.1, 0.15) is 0 Å². The lowest BCUT2D eigenvalue weighted by Crippen LogP contribution is -2.41. The molecule has 0 aromatic heterocycles. The Kier molecular flexibility index (Phi) is 4.93. The fourth-order valence-electron chi connectivity index (χ4n) is 2.36. The molecule has 116 valence electrons. The first-order valence-electron chi connectivity index (χ1n) is 6.72. The highest BCUT2D eigenvalue weighted by atomic mass is 19.3. The van der Waals surface area contributed by atoms with E-state index >= 15 is 0 Å². The first-order valence-corrected chi connectivity index (χ1v) is 6.72. The Bertz CT molecular complexity index is 503. The van der Waals surface area contributed by atoms with Gasteiger partial charge in [-0.05, 0) is 25.0 Å². The Hall–Kier alpha value is -1.92. The zero-order chi connectivity index (χ0) is 15.4. The van der Waals surface area contributed by atoms with Crippen molar-refractivity contribution in [2.24, 2.45) is 0 Å². The Morgan fingerprint density at radius 3 is 2.57 bits per heavy atom. The van der Waals surface area contributed by atoms with Crippen LogP contribution >= 0.6 is 0 Å². The van der Waals surface area contributed by atoms with Gasteiger partial charge in [0.05, 0.1) is 0 Å². The van der Waals surface area contributed by atoms with Gasteiger partial charge in [0.25, 0.3) is 0 Å². The summed E-state index contributed by atoms with van der Waals surface area (Å²) in [5.74, 6) is -1.25. The van der Waals surface area contributed by atoms with Gasteiger partial charge in [-0.25, -0.2) is 4.39 Å². The van der Waals surface area contributed by atoms with E-state index in [2.05, 4.69) is 10.1 Å². The fourth-order valence-corrected chi connectivity index (χ4v) is 2.36. The lowest BCUT2D eigenvalue weighted by Gasteiger charge is -2.32. The van der Waals surface area contributed by atoms with Crippen molar-refractivity contribution in [2.45, 2.75) is 32.4 Å². The van der Waals surface area contributed by atoms with Crippen LogP contribution in [0.25, 0.3) is 0 Å². The van der Waals surface area contributed by atoms with Crippen LogP contribution in [0.3, 0.4) is 0 Å². The second-order valence-corrected chi connectivity index (χ2v) is 4.95. The molecule has 1 aromatic carbocycles. The molecule has 7 heteroatoms. The number of likely N-dealkylation sites (tertiary alicyclic amines) is 1. The Morgan fingerprint density at radius 1 is 1.38 bits per heavy atom. The normalized spacial score (nSPS) is 16.1. The van der Waals surface area contributed by atoms with Crippen molar-refractivity contribution in [1.29, 1.82) is 0 Å². The number of rotatable bonds is 4. The average Bonchev–Trinajstić information content (AvgIpc) is 2.42. The summed E-state index contributed by atoms with van der Waals surface area (Å²) < 4.78 is 41.7. The monoisotopic (exact) mass is 302 g/mol. The van der Waals surface area contributed by atoms with E-state index in [1.807, 2.05) is 0 Å². The van der Waals surface area contributed by atoms with Crippen LogP contribution in [0.1, 0.15) is 19.8 Å². The highest BCUT2D eigenvalue weighted by molar-refractivity contribution is 5.73. The van der Waals surface area contributed by atoms with Crippen LogP contribution in [0.4, 0.5) is 18.9 Å². The highest BCUT2D eigenvalue weighted by Crippen LogP contribution is 2.24. The van der Waals surface area contributed by atoms with E-state index in [-0.39, 0.29) is 11.9 Å². The summed E-state index contributed by atoms with van der Waals surface area (Å²) in [5.41, 5.74) is 0.510. The minimum absolute atomic E-state index is 0.0491. The minimum Gasteiger partial charge on any atom is -0.432 e. The van der Waals surface area contributed by atoms with Gasteiger partial charge in [-0.2, -0.15) is 8.78 Å². The van der Waals surface area contributed by atoms with Crippen molar-refractivity contribution in [1.82, 2.24) is 4.90 Å². The smallest absolute Gasteiger partial charge is 0.387 e. The predicted octanol–water partition coefficient (Wildman–Crippen LogP) is 2.85. The molecule has 0 aliphatic carbocycles. The first-order chi connectivity index (χ1) is 9.95. The van der Waals surface area contributed by atoms with E-state index in [0.717, 1.165) is 18.9 Å². The van der Waals surface area contributed by atoms with E-state index in [0.29, 0.717) is 18.8 Å². The quantitative estimate of drug-likeness (QED) is 0.930. The van der Waals surface area contributed by atoms with Crippen LogP contribution in [0, 0.1) is 5.82 Å². The summed E-state index contributed by atoms with van der Waals surface area (Å²) >= 11 is 0. The molecule has 1 aliphatic rings. The van der Waals surface area contributed by atoms with Crippen LogP contribution < -0.4 is 10.1 Å². The number of carbonyl (C=O) groups is 1. The summed E-state index contributed by atoms with van der Waals surface area (Å²) in [6, 6.07) is 3.93. The van der Waals surface area contributed by atoms with Gasteiger partial charge in [-0.1, -0.05) is 0 Å². The van der Waals surface area contributed by atoms with Crippen LogP contribution in [0.2, 0.25) is 0 Å². The van der Waals surface area contributed by atoms with Crippen LogP contribution in [-0.2, 0) is 4.79 Å². The van der Waals surface area contributed by atoms with Crippen LogP contribution in [0.15, 0.2) is 18.2 Å². The third-order valence-corrected chi connectivity index (χ3v) is 3.46. The number of alkyl halides is 2. The van der Waals surface area contributed by atoms with Crippen molar-refractivity contribution in [2.75, 3.05) is 18.4 Å². The molecule has 1 saturated heterocycles. The van der Waals surface area contributed by atoms with E-state index in [9.17, 15) is 18.0 Å². The molecule has 21 heavy (non-hydrogen) atoms. The maximum atomic E-state index is 13.6. The van der Waals surface area contributed by atoms with Crippen molar-refractivity contribution >= 4 is 11.6 Å². The Labute approximate surface area is 120 Å². The lowest BCUT2D eigenvalue weighted by molar-refractivity contribution is -0.129. The Balaban J connectivity index is 1.92. The molecule has 0 radical (unpaired) electrons. The van der Waals surface area contributed by atoms with E-state index in [1.165, 1.54) is 19.1 Å². The number of carbonyl (C=O) groups excluding carboxylic acids is 1. The molecule has 0 atom stereocenters. The van der Waals surface area contributed by atoms with Gasteiger partial charge in [-0.15, -0.1) is 0 Å². The van der Waals surface area contributed by atoms with Gasteiger partial charge in [-0.3, -0.25) is 4.79 Å². The van der Waals surface area contributed by atoms with E-state index in [1.54, 1.807) is 4.90 Å². The molecule has 0 spiro atoms. The summed E-state index contributed by atoms with van der Waals surface area (Å²) in [6.45, 7) is -0.205. The van der Waals surface area contributed by atoms with E-state index in [4.69, 9.17) is 0 Å². The number of halogens is 3. The number of piperidine rings is 1. The number of amides is 1. The van der Waals surface area contributed by atoms with Crippen molar-refractivity contribution in [3.8, 4) is 5.75 Å². The molecule has 0 unspecified atom stereocenters. The zero-order valence-electron chi connectivity index (χ0n) is 11.6. The summed E-state index contributed by atoms with van der Waals surface area (Å²) in [6.07, 6.45) is 1.52. The maximum absolute atomic E-state index is 13.6. The van der Waals surface area contributed by atoms with Crippen molar-refractivity contribution in [3.63, 3.8) is 0 Å². The van der Waals surface area contributed by atoms with Gasteiger partial charge >= 0.3 is 6.61 Å². The summed E-state index contributed by atoms with van der Waals surface area (Å²) in [7, 11) is 0. The van der Waals surface area contributed by atoms with E-state index < -0.39 is 18.2 Å². The minimum atomic E-state index is -3.05. The topological polar surface area (TPSA) is 41.6 Å². The number of nitrogens with one attached hydrogen (secondary N) is 1. The largest absolute Gasteiger partial charge is 0.432 e. The Morgan fingerprint density at radius 2 is 2.05 bits per heavy atom. The molecule has 1 fully saturated rings. The molecule has 4 nitrogen and oxygen atoms in total. The lowest BCUT2D eigenvalue weighted by atomic mass is 10.0. The summed E-state index contributed by atoms with van der Waals surface area (Å²) in [5, 5.41) is 3.14. The molecule has 0 bridgehead atoms. The van der Waals surface area contributed by atoms with Crippen LogP contribution in [0.5, 0.6) is 5.75 Å². The molecule has 1 heterocycles. The van der Waals surface area contributed by atoms with Crippen molar-refractivity contribution in [3.05, 3.63) is 24.0 Å². The zero-order valence-corrected chi connectivity index (χ0v) is 11.6. The molecule has 2 rings (SSSR count). The fraction of sp³-hybridized carbons (Fsp3) is 0.500. The summed E-state index contributed by atoms with van der Waals surface area (Å²) in [4.78, 5) is 13.0. The molecule has 1 amide bonds. The molecule has 0 saturated carbocycles. The van der Waals surface area contributed by atoms with Gasteiger partial charge in [0.15, 0.2) is 11.6 Å². The third kappa shape index (κ3) is 4.27. The maximum Gasteiger partial charge on any atom is 0.387 e. The van der Waals surface area contributed by atoms with Gasteiger partial charge < -0.3 is 15.0 Å². The second kappa shape index (κ2) is 6.69.